The van der Waals surface area contributed by atoms with E-state index in [1.54, 1.807) is 27.9 Å². The summed E-state index contributed by atoms with van der Waals surface area (Å²) in [7, 11) is 4.29. The molecule has 0 radical (unpaired) electrons. The van der Waals surface area contributed by atoms with Gasteiger partial charge in [-0.25, -0.2) is 14.4 Å². The molecule has 140 valence electrons. The molecule has 0 spiro atoms. The minimum absolute atomic E-state index is 0.00503. The van der Waals surface area contributed by atoms with Crippen LogP contribution in [0.25, 0.3) is 0 Å². The smallest absolute Gasteiger partial charge is 0.355 e. The van der Waals surface area contributed by atoms with E-state index in [-0.39, 0.29) is 18.8 Å². The molecule has 0 aliphatic heterocycles. The van der Waals surface area contributed by atoms with Gasteiger partial charge >= 0.3 is 17.9 Å². The van der Waals surface area contributed by atoms with Crippen molar-refractivity contribution in [3.8, 4) is 0 Å². The zero-order valence-electron chi connectivity index (χ0n) is 15.3. The zero-order valence-corrected chi connectivity index (χ0v) is 15.3. The Morgan fingerprint density at radius 1 is 0.960 bits per heavy atom. The molecule has 0 saturated heterocycles. The third-order valence-corrected chi connectivity index (χ3v) is 2.57. The monoisotopic (exact) mass is 356 g/mol. The molecule has 0 heterocycles. The molecule has 1 amide bonds. The van der Waals surface area contributed by atoms with Crippen molar-refractivity contribution >= 4 is 23.8 Å². The Kier molecular flexibility index (Phi) is 9.61. The van der Waals surface area contributed by atoms with Gasteiger partial charge < -0.3 is 24.4 Å². The van der Waals surface area contributed by atoms with Gasteiger partial charge in [-0.1, -0.05) is 0 Å². The van der Waals surface area contributed by atoms with Crippen LogP contribution in [0.4, 0.5) is 0 Å². The highest BCUT2D eigenvalue weighted by atomic mass is 16.5. The molecule has 0 aromatic rings. The molecule has 25 heavy (non-hydrogen) atoms. The Hall–Kier alpha value is -2.84. The van der Waals surface area contributed by atoms with Gasteiger partial charge in [-0.15, -0.1) is 0 Å². The number of amides is 1. The second-order valence-corrected chi connectivity index (χ2v) is 4.87. The molecule has 0 atom stereocenters. The van der Waals surface area contributed by atoms with Crippen molar-refractivity contribution < 1.29 is 33.4 Å². The van der Waals surface area contributed by atoms with Crippen molar-refractivity contribution in [2.45, 2.75) is 20.8 Å². The van der Waals surface area contributed by atoms with Crippen molar-refractivity contribution in [2.75, 3.05) is 34.4 Å². The summed E-state index contributed by atoms with van der Waals surface area (Å²) in [6, 6.07) is 0. The topological polar surface area (TPSA) is 111 Å². The van der Waals surface area contributed by atoms with Crippen LogP contribution in [-0.4, -0.2) is 63.1 Å². The fraction of sp³-hybridized carbons (Fsp3) is 0.500. The summed E-state index contributed by atoms with van der Waals surface area (Å²) in [5.74, 6) is -3.47. The first-order valence-corrected chi connectivity index (χ1v) is 7.52. The van der Waals surface area contributed by atoms with Gasteiger partial charge in [0.15, 0.2) is 0 Å². The largest absolute Gasteiger partial charge is 0.464 e. The summed E-state index contributed by atoms with van der Waals surface area (Å²) in [5, 5.41) is 2.22. The van der Waals surface area contributed by atoms with Crippen molar-refractivity contribution in [1.29, 1.82) is 0 Å². The second-order valence-electron chi connectivity index (χ2n) is 4.87. The third-order valence-electron chi connectivity index (χ3n) is 2.57. The maximum Gasteiger partial charge on any atom is 0.355 e. The fourth-order valence-corrected chi connectivity index (χ4v) is 1.73. The average molecular weight is 356 g/mol. The number of ether oxygens (including phenoxy) is 3. The number of hydrogen-bond acceptors (Lipinski definition) is 8. The molecule has 0 unspecified atom stereocenters. The SMILES string of the molecule is CCOC(=O)C(=C/N(C)C)/C(C(=O)OCC)=C(\NC(C)=O)C(=O)OC. The molecule has 9 nitrogen and oxygen atoms in total. The Morgan fingerprint density at radius 2 is 1.48 bits per heavy atom. The third kappa shape index (κ3) is 7.06. The van der Waals surface area contributed by atoms with E-state index in [2.05, 4.69) is 10.1 Å². The summed E-state index contributed by atoms with van der Waals surface area (Å²) in [6.07, 6.45) is 1.29. The molecule has 0 bridgehead atoms. The fourth-order valence-electron chi connectivity index (χ4n) is 1.73. The van der Waals surface area contributed by atoms with Gasteiger partial charge in [-0.3, -0.25) is 4.79 Å². The molecule has 0 aromatic heterocycles. The predicted octanol–water partition coefficient (Wildman–Crippen LogP) is 0.121. The molecule has 1 N–H and O–H groups in total. The summed E-state index contributed by atoms with van der Waals surface area (Å²) in [4.78, 5) is 49.7. The molecule has 0 aliphatic carbocycles. The number of nitrogens with one attached hydrogen (secondary N) is 1. The Balaban J connectivity index is 6.63. The standard InChI is InChI=1S/C16H24N2O7/c1-7-24-14(20)11(9-18(4)5)12(15(21)25-8-2)13(16(22)23-6)17-10(3)19/h9H,7-8H2,1-6H3,(H,17,19)/b11-9+,13-12+. The highest BCUT2D eigenvalue weighted by Gasteiger charge is 2.31. The molecular weight excluding hydrogens is 332 g/mol. The molecule has 0 saturated carbocycles. The lowest BCUT2D eigenvalue weighted by molar-refractivity contribution is -0.143. The summed E-state index contributed by atoms with van der Waals surface area (Å²) in [6.45, 7) is 4.34. The quantitative estimate of drug-likeness (QED) is 0.283. The maximum absolute atomic E-state index is 12.4. The van der Waals surface area contributed by atoms with E-state index in [1.807, 2.05) is 0 Å². The Bertz CT molecular complexity index is 591. The van der Waals surface area contributed by atoms with E-state index in [0.29, 0.717) is 0 Å². The van der Waals surface area contributed by atoms with Crippen LogP contribution in [0.2, 0.25) is 0 Å². The maximum atomic E-state index is 12.4. The van der Waals surface area contributed by atoms with E-state index >= 15 is 0 Å². The van der Waals surface area contributed by atoms with Crippen molar-refractivity contribution in [3.05, 3.63) is 23.0 Å². The molecular formula is C16H24N2O7. The number of carbonyl (C=O) groups is 4. The molecule has 0 fully saturated rings. The predicted molar refractivity (Wildman–Crippen MR) is 87.9 cm³/mol. The van der Waals surface area contributed by atoms with Crippen LogP contribution in [0.3, 0.4) is 0 Å². The van der Waals surface area contributed by atoms with Crippen LogP contribution >= 0.6 is 0 Å². The van der Waals surface area contributed by atoms with Gasteiger partial charge in [0, 0.05) is 27.2 Å². The summed E-state index contributed by atoms with van der Waals surface area (Å²) < 4.78 is 14.5. The van der Waals surface area contributed by atoms with Gasteiger partial charge in [0.05, 0.1) is 25.9 Å². The summed E-state index contributed by atoms with van der Waals surface area (Å²) >= 11 is 0. The lowest BCUT2D eigenvalue weighted by Crippen LogP contribution is -2.32. The van der Waals surface area contributed by atoms with Crippen LogP contribution < -0.4 is 5.32 Å². The highest BCUT2D eigenvalue weighted by Crippen LogP contribution is 2.19. The summed E-state index contributed by atoms with van der Waals surface area (Å²) in [5.41, 5.74) is -1.20. The first-order chi connectivity index (χ1) is 11.7. The van der Waals surface area contributed by atoms with Crippen LogP contribution in [0.1, 0.15) is 20.8 Å². The minimum atomic E-state index is -1.01. The lowest BCUT2D eigenvalue weighted by atomic mass is 10.0. The normalized spacial score (nSPS) is 11.8. The van der Waals surface area contributed by atoms with Gasteiger partial charge in [0.2, 0.25) is 5.91 Å². The van der Waals surface area contributed by atoms with Gasteiger partial charge in [-0.05, 0) is 13.8 Å². The zero-order chi connectivity index (χ0) is 19.6. The molecule has 0 aromatic carbocycles. The number of esters is 3. The number of hydrogen-bond donors (Lipinski definition) is 1. The number of methoxy groups -OCH3 is 1. The average Bonchev–Trinajstić information content (AvgIpc) is 2.52. The Labute approximate surface area is 146 Å². The minimum Gasteiger partial charge on any atom is -0.464 e. The van der Waals surface area contributed by atoms with E-state index in [0.717, 1.165) is 14.0 Å². The van der Waals surface area contributed by atoms with Crippen molar-refractivity contribution in [1.82, 2.24) is 10.2 Å². The van der Waals surface area contributed by atoms with Crippen molar-refractivity contribution in [3.63, 3.8) is 0 Å². The first kappa shape index (κ1) is 22.2. The van der Waals surface area contributed by atoms with Crippen LogP contribution in [-0.2, 0) is 33.4 Å². The van der Waals surface area contributed by atoms with E-state index in [1.165, 1.54) is 11.1 Å². The number of nitrogens with zero attached hydrogens (tertiary/aromatic N) is 1. The van der Waals surface area contributed by atoms with Crippen molar-refractivity contribution in [2.24, 2.45) is 0 Å². The molecule has 0 aliphatic rings. The number of rotatable bonds is 8. The first-order valence-electron chi connectivity index (χ1n) is 7.52. The van der Waals surface area contributed by atoms with Crippen LogP contribution in [0, 0.1) is 0 Å². The van der Waals surface area contributed by atoms with E-state index in [9.17, 15) is 19.2 Å². The Morgan fingerprint density at radius 3 is 1.88 bits per heavy atom. The van der Waals surface area contributed by atoms with E-state index < -0.39 is 35.1 Å². The second kappa shape index (κ2) is 10.8. The van der Waals surface area contributed by atoms with Gasteiger partial charge in [0.1, 0.15) is 11.3 Å². The van der Waals surface area contributed by atoms with Crippen LogP contribution in [0.5, 0.6) is 0 Å². The molecule has 0 rings (SSSR count). The van der Waals surface area contributed by atoms with Crippen LogP contribution in [0.15, 0.2) is 23.0 Å². The van der Waals surface area contributed by atoms with Gasteiger partial charge in [0.25, 0.3) is 0 Å². The van der Waals surface area contributed by atoms with E-state index in [4.69, 9.17) is 9.47 Å². The van der Waals surface area contributed by atoms with Gasteiger partial charge in [-0.2, -0.15) is 0 Å². The highest BCUT2D eigenvalue weighted by molar-refractivity contribution is 6.12. The number of carbonyl (C=O) groups excluding carboxylic acids is 4. The molecule has 9 heteroatoms. The lowest BCUT2D eigenvalue weighted by Gasteiger charge is -2.17.